The molecule has 3 aromatic rings. The highest BCUT2D eigenvalue weighted by Crippen LogP contribution is 2.35. The van der Waals surface area contributed by atoms with Gasteiger partial charge in [0.05, 0.1) is 16.1 Å². The van der Waals surface area contributed by atoms with Crippen LogP contribution >= 0.6 is 11.6 Å². The van der Waals surface area contributed by atoms with Crippen molar-refractivity contribution in [2.45, 2.75) is 9.92 Å². The van der Waals surface area contributed by atoms with Crippen LogP contribution in [0.15, 0.2) is 46.3 Å². The number of aromatic nitrogens is 2. The SMILES string of the molecule is CN1CCN(c2cc(Cl)cc3c(S(=O)(=O)c4ccc(F)cc4)n[nH]c23)CC1. The van der Waals surface area contributed by atoms with E-state index in [9.17, 15) is 12.8 Å². The van der Waals surface area contributed by atoms with Crippen LogP contribution in [0.2, 0.25) is 5.02 Å². The van der Waals surface area contributed by atoms with Crippen molar-refractivity contribution in [2.75, 3.05) is 38.1 Å². The highest BCUT2D eigenvalue weighted by molar-refractivity contribution is 7.91. The number of rotatable bonds is 3. The maximum absolute atomic E-state index is 13.2. The fourth-order valence-corrected chi connectivity index (χ4v) is 4.82. The van der Waals surface area contributed by atoms with Gasteiger partial charge in [-0.2, -0.15) is 5.10 Å². The molecule has 1 aliphatic heterocycles. The third-order valence-corrected chi connectivity index (χ3v) is 6.74. The van der Waals surface area contributed by atoms with E-state index in [-0.39, 0.29) is 9.92 Å². The minimum absolute atomic E-state index is 0.0153. The van der Waals surface area contributed by atoms with Crippen LogP contribution < -0.4 is 4.90 Å². The van der Waals surface area contributed by atoms with Gasteiger partial charge in [-0.1, -0.05) is 11.6 Å². The van der Waals surface area contributed by atoms with Crippen LogP contribution in [0.3, 0.4) is 0 Å². The first-order chi connectivity index (χ1) is 12.9. The molecule has 142 valence electrons. The number of hydrogen-bond donors (Lipinski definition) is 1. The number of nitrogens with zero attached hydrogens (tertiary/aromatic N) is 3. The Morgan fingerprint density at radius 2 is 1.78 bits per heavy atom. The number of anilines is 1. The van der Waals surface area contributed by atoms with E-state index in [4.69, 9.17) is 11.6 Å². The van der Waals surface area contributed by atoms with Crippen molar-refractivity contribution in [3.05, 3.63) is 47.2 Å². The average Bonchev–Trinajstić information content (AvgIpc) is 3.06. The Balaban J connectivity index is 1.83. The Morgan fingerprint density at radius 3 is 2.44 bits per heavy atom. The normalized spacial score (nSPS) is 16.2. The number of fused-ring (bicyclic) bond motifs is 1. The predicted molar refractivity (Wildman–Crippen MR) is 103 cm³/mol. The molecule has 0 spiro atoms. The maximum Gasteiger partial charge on any atom is 0.226 e. The zero-order valence-corrected chi connectivity index (χ0v) is 16.2. The summed E-state index contributed by atoms with van der Waals surface area (Å²) in [5.41, 5.74) is 1.46. The van der Waals surface area contributed by atoms with Gasteiger partial charge in [0, 0.05) is 36.6 Å². The number of piperazine rings is 1. The van der Waals surface area contributed by atoms with E-state index >= 15 is 0 Å². The average molecular weight is 409 g/mol. The molecule has 1 aromatic heterocycles. The molecule has 1 aliphatic rings. The van der Waals surface area contributed by atoms with Gasteiger partial charge in [0.15, 0.2) is 5.03 Å². The Morgan fingerprint density at radius 1 is 1.11 bits per heavy atom. The number of halogens is 2. The zero-order chi connectivity index (χ0) is 19.2. The van der Waals surface area contributed by atoms with Gasteiger partial charge >= 0.3 is 0 Å². The number of nitrogens with one attached hydrogen (secondary N) is 1. The van der Waals surface area contributed by atoms with Gasteiger partial charge in [-0.3, -0.25) is 5.10 Å². The minimum atomic E-state index is -3.91. The molecule has 0 aliphatic carbocycles. The number of likely N-dealkylation sites (N-methyl/N-ethyl adjacent to an activating group) is 1. The molecular formula is C18H18ClFN4O2S. The van der Waals surface area contributed by atoms with Crippen LogP contribution in [-0.4, -0.2) is 56.7 Å². The summed E-state index contributed by atoms with van der Waals surface area (Å²) in [4.78, 5) is 4.38. The van der Waals surface area contributed by atoms with Crippen molar-refractivity contribution in [2.24, 2.45) is 0 Å². The number of aromatic amines is 1. The number of hydrogen-bond acceptors (Lipinski definition) is 5. The number of H-pyrrole nitrogens is 1. The molecule has 1 saturated heterocycles. The topological polar surface area (TPSA) is 69.3 Å². The third-order valence-electron chi connectivity index (χ3n) is 4.80. The lowest BCUT2D eigenvalue weighted by molar-refractivity contribution is 0.313. The van der Waals surface area contributed by atoms with Gasteiger partial charge in [0.25, 0.3) is 0 Å². The van der Waals surface area contributed by atoms with E-state index in [0.717, 1.165) is 44.0 Å². The van der Waals surface area contributed by atoms with Gasteiger partial charge in [-0.25, -0.2) is 12.8 Å². The molecule has 4 rings (SSSR count). The first-order valence-electron chi connectivity index (χ1n) is 8.48. The van der Waals surface area contributed by atoms with Crippen LogP contribution in [0.1, 0.15) is 0 Å². The molecule has 0 unspecified atom stereocenters. The highest BCUT2D eigenvalue weighted by atomic mass is 35.5. The molecule has 1 fully saturated rings. The van der Waals surface area contributed by atoms with Crippen molar-refractivity contribution < 1.29 is 12.8 Å². The summed E-state index contributed by atoms with van der Waals surface area (Å²) in [6.07, 6.45) is 0. The molecule has 2 aromatic carbocycles. The van der Waals surface area contributed by atoms with Crippen LogP contribution in [0.4, 0.5) is 10.1 Å². The van der Waals surface area contributed by atoms with E-state index < -0.39 is 15.7 Å². The van der Waals surface area contributed by atoms with E-state index in [0.29, 0.717) is 15.9 Å². The first-order valence-corrected chi connectivity index (χ1v) is 10.3. The van der Waals surface area contributed by atoms with Gasteiger partial charge in [-0.05, 0) is 43.4 Å². The highest BCUT2D eigenvalue weighted by Gasteiger charge is 2.26. The van der Waals surface area contributed by atoms with E-state index in [2.05, 4.69) is 27.0 Å². The molecular weight excluding hydrogens is 391 g/mol. The minimum Gasteiger partial charge on any atom is -0.367 e. The van der Waals surface area contributed by atoms with Gasteiger partial charge < -0.3 is 9.80 Å². The zero-order valence-electron chi connectivity index (χ0n) is 14.6. The lowest BCUT2D eigenvalue weighted by Crippen LogP contribution is -2.44. The second-order valence-electron chi connectivity index (χ2n) is 6.62. The Hall–Kier alpha value is -2.16. The molecule has 2 heterocycles. The standard InChI is InChI=1S/C18H18ClFN4O2S/c1-23-6-8-24(9-7-23)16-11-12(19)10-15-17(16)21-22-18(15)27(25,26)14-4-2-13(20)3-5-14/h2-5,10-11H,6-9H2,1H3,(H,21,22). The first kappa shape index (κ1) is 18.2. The molecule has 9 heteroatoms. The van der Waals surface area contributed by atoms with Gasteiger partial charge in [-0.15, -0.1) is 0 Å². The summed E-state index contributed by atoms with van der Waals surface area (Å²) in [7, 11) is -1.84. The second-order valence-corrected chi connectivity index (χ2v) is 8.93. The summed E-state index contributed by atoms with van der Waals surface area (Å²) in [5.74, 6) is -0.499. The van der Waals surface area contributed by atoms with Crippen molar-refractivity contribution in [1.82, 2.24) is 15.1 Å². The smallest absolute Gasteiger partial charge is 0.226 e. The van der Waals surface area contributed by atoms with Crippen LogP contribution in [0.25, 0.3) is 10.9 Å². The second kappa shape index (κ2) is 6.78. The molecule has 0 atom stereocenters. The fraction of sp³-hybridized carbons (Fsp3) is 0.278. The third kappa shape index (κ3) is 3.28. The van der Waals surface area contributed by atoms with Gasteiger partial charge in [0.2, 0.25) is 9.84 Å². The number of sulfone groups is 1. The summed E-state index contributed by atoms with van der Waals surface area (Å²) >= 11 is 6.29. The molecule has 6 nitrogen and oxygen atoms in total. The van der Waals surface area contributed by atoms with Crippen molar-refractivity contribution >= 4 is 38.0 Å². The van der Waals surface area contributed by atoms with Gasteiger partial charge in [0.1, 0.15) is 5.82 Å². The molecule has 1 N–H and O–H groups in total. The summed E-state index contributed by atoms with van der Waals surface area (Å²) in [6, 6.07) is 8.11. The van der Waals surface area contributed by atoms with E-state index in [1.54, 1.807) is 6.07 Å². The van der Waals surface area contributed by atoms with Crippen LogP contribution in [0, 0.1) is 5.82 Å². The Bertz CT molecular complexity index is 1090. The Kier molecular flexibility index (Phi) is 4.57. The molecule has 0 saturated carbocycles. The lowest BCUT2D eigenvalue weighted by Gasteiger charge is -2.34. The largest absolute Gasteiger partial charge is 0.367 e. The van der Waals surface area contributed by atoms with E-state index in [1.807, 2.05) is 6.07 Å². The van der Waals surface area contributed by atoms with Crippen molar-refractivity contribution in [3.8, 4) is 0 Å². The molecule has 0 amide bonds. The fourth-order valence-electron chi connectivity index (χ4n) is 3.27. The monoisotopic (exact) mass is 408 g/mol. The number of benzene rings is 2. The van der Waals surface area contributed by atoms with Crippen molar-refractivity contribution in [3.63, 3.8) is 0 Å². The summed E-state index contributed by atoms with van der Waals surface area (Å²) in [5, 5.41) is 7.70. The lowest BCUT2D eigenvalue weighted by atomic mass is 10.2. The molecule has 0 radical (unpaired) electrons. The summed E-state index contributed by atoms with van der Waals surface area (Å²) < 4.78 is 39.2. The van der Waals surface area contributed by atoms with Crippen molar-refractivity contribution in [1.29, 1.82) is 0 Å². The quantitative estimate of drug-likeness (QED) is 0.675. The maximum atomic E-state index is 13.2. The van der Waals surface area contributed by atoms with Crippen LogP contribution in [-0.2, 0) is 9.84 Å². The Labute approximate surface area is 161 Å². The molecule has 0 bridgehead atoms. The van der Waals surface area contributed by atoms with E-state index in [1.165, 1.54) is 12.1 Å². The predicted octanol–water partition coefficient (Wildman–Crippen LogP) is 2.94. The van der Waals surface area contributed by atoms with Crippen LogP contribution in [0.5, 0.6) is 0 Å². The summed E-state index contributed by atoms with van der Waals surface area (Å²) in [6.45, 7) is 3.43. The molecule has 27 heavy (non-hydrogen) atoms.